The predicted octanol–water partition coefficient (Wildman–Crippen LogP) is 3.35. The minimum atomic E-state index is -4.15. The van der Waals surface area contributed by atoms with Gasteiger partial charge in [0.2, 0.25) is 15.9 Å². The zero-order valence-electron chi connectivity index (χ0n) is 19.4. The van der Waals surface area contributed by atoms with Gasteiger partial charge in [0.05, 0.1) is 4.90 Å². The Balaban J connectivity index is 1.43. The summed E-state index contributed by atoms with van der Waals surface area (Å²) in [5, 5.41) is 12.9. The fraction of sp³-hybridized carbons (Fsp3) is 0.115. The summed E-state index contributed by atoms with van der Waals surface area (Å²) in [6.45, 7) is 0. The first kappa shape index (κ1) is 25.6. The van der Waals surface area contributed by atoms with Gasteiger partial charge in [0.1, 0.15) is 11.6 Å². The van der Waals surface area contributed by atoms with Crippen LogP contribution in [-0.4, -0.2) is 37.3 Å². The van der Waals surface area contributed by atoms with Crippen molar-refractivity contribution < 1.29 is 32.3 Å². The summed E-state index contributed by atoms with van der Waals surface area (Å²) in [4.78, 5) is 34.7. The van der Waals surface area contributed by atoms with Crippen molar-refractivity contribution in [3.63, 3.8) is 0 Å². The van der Waals surface area contributed by atoms with Crippen molar-refractivity contribution in [1.82, 2.24) is 4.72 Å². The van der Waals surface area contributed by atoms with Crippen molar-refractivity contribution >= 4 is 44.5 Å². The Bertz CT molecular complexity index is 1530. The fourth-order valence-electron chi connectivity index (χ4n) is 3.63. The first-order chi connectivity index (χ1) is 17.6. The minimum Gasteiger partial charge on any atom is -0.480 e. The molecule has 3 aromatic carbocycles. The van der Waals surface area contributed by atoms with Crippen molar-refractivity contribution in [3.8, 4) is 11.1 Å². The molecule has 2 amide bonds. The molecule has 190 valence electrons. The van der Waals surface area contributed by atoms with E-state index in [0.29, 0.717) is 16.8 Å². The van der Waals surface area contributed by atoms with Crippen LogP contribution in [0.15, 0.2) is 88.2 Å². The summed E-state index contributed by atoms with van der Waals surface area (Å²) >= 11 is 0. The molecule has 0 fully saturated rings. The molecule has 0 saturated heterocycles. The van der Waals surface area contributed by atoms with Crippen LogP contribution in [0.4, 0.5) is 5.69 Å². The Kier molecular flexibility index (Phi) is 7.37. The Hall–Kier alpha value is -4.48. The number of carbonyl (C=O) groups is 3. The van der Waals surface area contributed by atoms with E-state index in [-0.39, 0.29) is 29.4 Å². The van der Waals surface area contributed by atoms with E-state index in [2.05, 4.69) is 10.0 Å². The number of hydrogen-bond donors (Lipinski definition) is 4. The molecular weight excluding hydrogens is 498 g/mol. The number of anilines is 1. The Labute approximate surface area is 212 Å². The van der Waals surface area contributed by atoms with Gasteiger partial charge in [-0.25, -0.2) is 8.42 Å². The quantitative estimate of drug-likeness (QED) is 0.248. The van der Waals surface area contributed by atoms with Crippen LogP contribution in [-0.2, 0) is 19.6 Å². The fourth-order valence-corrected chi connectivity index (χ4v) is 4.86. The average molecular weight is 522 g/mol. The number of carbonyl (C=O) groups excluding carboxylic acids is 2. The van der Waals surface area contributed by atoms with Gasteiger partial charge in [0.15, 0.2) is 5.76 Å². The number of furan rings is 1. The number of aliphatic carboxylic acids is 1. The maximum Gasteiger partial charge on any atom is 0.321 e. The van der Waals surface area contributed by atoms with Crippen LogP contribution in [0.25, 0.3) is 22.1 Å². The SMILES string of the molecule is NC(=O)CC[C@@H](NS(=O)(=O)c1ccc(-c2ccc(NC(=O)c3cc4ccccc4o3)cc2)cc1)C(=O)O. The van der Waals surface area contributed by atoms with E-state index in [0.717, 1.165) is 10.9 Å². The largest absolute Gasteiger partial charge is 0.480 e. The number of rotatable bonds is 10. The van der Waals surface area contributed by atoms with E-state index >= 15 is 0 Å². The van der Waals surface area contributed by atoms with E-state index < -0.39 is 27.9 Å². The van der Waals surface area contributed by atoms with Crippen molar-refractivity contribution in [2.45, 2.75) is 23.8 Å². The molecule has 0 aliphatic rings. The van der Waals surface area contributed by atoms with Gasteiger partial charge < -0.3 is 20.6 Å². The molecule has 0 radical (unpaired) electrons. The van der Waals surface area contributed by atoms with Crippen molar-refractivity contribution in [2.24, 2.45) is 5.73 Å². The number of nitrogens with one attached hydrogen (secondary N) is 2. The molecule has 5 N–H and O–H groups in total. The third kappa shape index (κ3) is 6.21. The second kappa shape index (κ2) is 10.6. The number of amides is 2. The zero-order chi connectivity index (χ0) is 26.6. The van der Waals surface area contributed by atoms with Gasteiger partial charge >= 0.3 is 5.97 Å². The standard InChI is InChI=1S/C26H23N3O7S/c27-24(30)14-13-21(26(32)33)29-37(34,35)20-11-7-17(8-12-20)16-5-9-19(10-6-16)28-25(31)23-15-18-3-1-2-4-22(18)36-23/h1-12,15,21,29H,13-14H2,(H2,27,30)(H,28,31)(H,32,33)/t21-/m1/s1. The highest BCUT2D eigenvalue weighted by Gasteiger charge is 2.25. The normalized spacial score (nSPS) is 12.2. The van der Waals surface area contributed by atoms with E-state index in [1.807, 2.05) is 18.2 Å². The predicted molar refractivity (Wildman–Crippen MR) is 136 cm³/mol. The summed E-state index contributed by atoms with van der Waals surface area (Å²) in [5.41, 5.74) is 7.67. The number of carboxylic acid groups (broad SMARTS) is 1. The second-order valence-corrected chi connectivity index (χ2v) is 9.94. The van der Waals surface area contributed by atoms with Crippen LogP contribution in [0.2, 0.25) is 0 Å². The van der Waals surface area contributed by atoms with Crippen LogP contribution in [0.3, 0.4) is 0 Å². The summed E-state index contributed by atoms with van der Waals surface area (Å²) in [5.74, 6) is -2.33. The molecule has 11 heteroatoms. The molecule has 0 aliphatic heterocycles. The zero-order valence-corrected chi connectivity index (χ0v) is 20.2. The van der Waals surface area contributed by atoms with Crippen LogP contribution in [0, 0.1) is 0 Å². The molecule has 4 rings (SSSR count). The lowest BCUT2D eigenvalue weighted by molar-refractivity contribution is -0.139. The van der Waals surface area contributed by atoms with Gasteiger partial charge in [0.25, 0.3) is 5.91 Å². The number of nitrogens with two attached hydrogens (primary N) is 1. The van der Waals surface area contributed by atoms with Gasteiger partial charge in [-0.3, -0.25) is 14.4 Å². The maximum atomic E-state index is 12.6. The highest BCUT2D eigenvalue weighted by atomic mass is 32.2. The molecule has 1 aromatic heterocycles. The molecule has 0 unspecified atom stereocenters. The lowest BCUT2D eigenvalue weighted by Gasteiger charge is -2.14. The molecule has 0 saturated carbocycles. The summed E-state index contributed by atoms with van der Waals surface area (Å²) in [6, 6.07) is 20.3. The Morgan fingerprint density at radius 1 is 0.919 bits per heavy atom. The van der Waals surface area contributed by atoms with Crippen LogP contribution >= 0.6 is 0 Å². The first-order valence-corrected chi connectivity index (χ1v) is 12.6. The number of carboxylic acids is 1. The Morgan fingerprint density at radius 3 is 2.14 bits per heavy atom. The number of sulfonamides is 1. The molecule has 1 atom stereocenters. The smallest absolute Gasteiger partial charge is 0.321 e. The summed E-state index contributed by atoms with van der Waals surface area (Å²) in [6.07, 6.45) is -0.533. The monoisotopic (exact) mass is 521 g/mol. The topological polar surface area (TPSA) is 169 Å². The average Bonchev–Trinajstić information content (AvgIpc) is 3.31. The van der Waals surface area contributed by atoms with Gasteiger partial charge in [0, 0.05) is 17.5 Å². The van der Waals surface area contributed by atoms with Gasteiger partial charge in [-0.15, -0.1) is 0 Å². The molecule has 0 aliphatic carbocycles. The highest BCUT2D eigenvalue weighted by Crippen LogP contribution is 2.24. The number of benzene rings is 3. The number of para-hydroxylation sites is 1. The summed E-state index contributed by atoms with van der Waals surface area (Å²) in [7, 11) is -4.15. The number of fused-ring (bicyclic) bond motifs is 1. The van der Waals surface area contributed by atoms with Crippen molar-refractivity contribution in [2.75, 3.05) is 5.32 Å². The van der Waals surface area contributed by atoms with Crippen LogP contribution in [0.1, 0.15) is 23.4 Å². The third-order valence-electron chi connectivity index (χ3n) is 5.56. The third-order valence-corrected chi connectivity index (χ3v) is 7.05. The Morgan fingerprint density at radius 2 is 1.54 bits per heavy atom. The van der Waals surface area contributed by atoms with Gasteiger partial charge in [-0.1, -0.05) is 42.5 Å². The molecule has 0 bridgehead atoms. The van der Waals surface area contributed by atoms with E-state index in [1.54, 1.807) is 48.5 Å². The molecule has 10 nitrogen and oxygen atoms in total. The highest BCUT2D eigenvalue weighted by molar-refractivity contribution is 7.89. The maximum absolute atomic E-state index is 12.6. The first-order valence-electron chi connectivity index (χ1n) is 11.2. The molecule has 4 aromatic rings. The number of primary amides is 1. The van der Waals surface area contributed by atoms with Crippen LogP contribution < -0.4 is 15.8 Å². The lowest BCUT2D eigenvalue weighted by Crippen LogP contribution is -2.41. The second-order valence-electron chi connectivity index (χ2n) is 8.22. The summed E-state index contributed by atoms with van der Waals surface area (Å²) < 4.78 is 32.9. The molecule has 37 heavy (non-hydrogen) atoms. The van der Waals surface area contributed by atoms with Crippen LogP contribution in [0.5, 0.6) is 0 Å². The van der Waals surface area contributed by atoms with Gasteiger partial charge in [-0.2, -0.15) is 4.72 Å². The van der Waals surface area contributed by atoms with Crippen molar-refractivity contribution in [1.29, 1.82) is 0 Å². The van der Waals surface area contributed by atoms with E-state index in [1.165, 1.54) is 12.1 Å². The van der Waals surface area contributed by atoms with E-state index in [9.17, 15) is 27.9 Å². The number of hydrogen-bond acceptors (Lipinski definition) is 6. The van der Waals surface area contributed by atoms with E-state index in [4.69, 9.17) is 10.2 Å². The van der Waals surface area contributed by atoms with Crippen molar-refractivity contribution in [3.05, 3.63) is 84.6 Å². The van der Waals surface area contributed by atoms with Gasteiger partial charge in [-0.05, 0) is 53.9 Å². The molecule has 0 spiro atoms. The lowest BCUT2D eigenvalue weighted by atomic mass is 10.1. The minimum absolute atomic E-state index is 0.128. The molecule has 1 heterocycles. The molecular formula is C26H23N3O7S.